The molecule has 2 heterocycles. The van der Waals surface area contributed by atoms with E-state index in [1.807, 2.05) is 12.1 Å². The minimum absolute atomic E-state index is 0.0776. The van der Waals surface area contributed by atoms with Gasteiger partial charge in [-0.1, -0.05) is 30.3 Å². The van der Waals surface area contributed by atoms with E-state index in [0.717, 1.165) is 31.5 Å². The van der Waals surface area contributed by atoms with Crippen molar-refractivity contribution < 1.29 is 9.59 Å². The maximum atomic E-state index is 12.5. The molecule has 0 bridgehead atoms. The molecule has 136 valence electrons. The molecule has 1 N–H and O–H groups in total. The number of carbonyl (C=O) groups is 2. The summed E-state index contributed by atoms with van der Waals surface area (Å²) in [5.41, 5.74) is 2.70. The highest BCUT2D eigenvalue weighted by molar-refractivity contribution is 5.92. The van der Waals surface area contributed by atoms with E-state index in [1.54, 1.807) is 22.1 Å². The minimum Gasteiger partial charge on any atom is -0.384 e. The van der Waals surface area contributed by atoms with Crippen molar-refractivity contribution in [1.82, 2.24) is 14.8 Å². The highest BCUT2D eigenvalue weighted by Gasteiger charge is 2.21. The predicted octanol–water partition coefficient (Wildman–Crippen LogP) is 2.04. The number of hydrogen-bond donors (Lipinski definition) is 1. The summed E-state index contributed by atoms with van der Waals surface area (Å²) in [6, 6.07) is 14.1. The van der Waals surface area contributed by atoms with Gasteiger partial charge in [0.05, 0.1) is 11.9 Å². The molecule has 0 radical (unpaired) electrons. The molecule has 0 saturated carbocycles. The van der Waals surface area contributed by atoms with E-state index < -0.39 is 0 Å². The molecule has 26 heavy (non-hydrogen) atoms. The second-order valence-electron chi connectivity index (χ2n) is 6.38. The first-order valence-electron chi connectivity index (χ1n) is 8.99. The molecule has 1 saturated heterocycles. The van der Waals surface area contributed by atoms with Gasteiger partial charge in [-0.3, -0.25) is 9.59 Å². The monoisotopic (exact) mass is 352 g/mol. The molecule has 0 atom stereocenters. The van der Waals surface area contributed by atoms with Gasteiger partial charge in [0.15, 0.2) is 0 Å². The minimum atomic E-state index is -0.0776. The number of aryl methyl sites for hydroxylation is 1. The lowest BCUT2D eigenvalue weighted by Crippen LogP contribution is -2.48. The summed E-state index contributed by atoms with van der Waals surface area (Å²) in [4.78, 5) is 30.9. The van der Waals surface area contributed by atoms with E-state index in [9.17, 15) is 9.59 Å². The summed E-state index contributed by atoms with van der Waals surface area (Å²) in [5.74, 6) is -0.0776. The Morgan fingerprint density at radius 2 is 1.85 bits per heavy atom. The van der Waals surface area contributed by atoms with Crippen molar-refractivity contribution in [1.29, 1.82) is 0 Å². The zero-order valence-corrected chi connectivity index (χ0v) is 14.8. The SMILES string of the molecule is O=CN1CCN(C(=O)c2ccc(NCCCc3ccccc3)cn2)CC1. The van der Waals surface area contributed by atoms with Crippen LogP contribution in [0.5, 0.6) is 0 Å². The average Bonchev–Trinajstić information content (AvgIpc) is 2.72. The van der Waals surface area contributed by atoms with Crippen molar-refractivity contribution in [3.63, 3.8) is 0 Å². The molecule has 3 rings (SSSR count). The van der Waals surface area contributed by atoms with Crippen LogP contribution in [0.3, 0.4) is 0 Å². The van der Waals surface area contributed by atoms with Gasteiger partial charge in [0.25, 0.3) is 5.91 Å². The van der Waals surface area contributed by atoms with Gasteiger partial charge >= 0.3 is 0 Å². The third kappa shape index (κ3) is 4.81. The van der Waals surface area contributed by atoms with Crippen molar-refractivity contribution in [3.05, 3.63) is 59.9 Å². The Kier molecular flexibility index (Phi) is 6.19. The van der Waals surface area contributed by atoms with Crippen LogP contribution in [0.2, 0.25) is 0 Å². The van der Waals surface area contributed by atoms with Crippen LogP contribution >= 0.6 is 0 Å². The molecule has 1 aromatic carbocycles. The van der Waals surface area contributed by atoms with Crippen LogP contribution < -0.4 is 5.32 Å². The molecule has 2 amide bonds. The van der Waals surface area contributed by atoms with Crippen LogP contribution in [-0.4, -0.2) is 59.8 Å². The fraction of sp³-hybridized carbons (Fsp3) is 0.350. The molecule has 6 nitrogen and oxygen atoms in total. The number of benzene rings is 1. The molecule has 1 aliphatic heterocycles. The Morgan fingerprint density at radius 3 is 2.50 bits per heavy atom. The lowest BCUT2D eigenvalue weighted by atomic mass is 10.1. The topological polar surface area (TPSA) is 65.5 Å². The van der Waals surface area contributed by atoms with Crippen LogP contribution in [0.15, 0.2) is 48.7 Å². The van der Waals surface area contributed by atoms with E-state index in [4.69, 9.17) is 0 Å². The molecular formula is C20H24N4O2. The number of nitrogens with zero attached hydrogens (tertiary/aromatic N) is 3. The zero-order valence-electron chi connectivity index (χ0n) is 14.8. The molecule has 1 fully saturated rings. The standard InChI is InChI=1S/C20H24N4O2/c25-16-23-11-13-24(14-12-23)20(26)19-9-8-18(15-22-19)21-10-4-7-17-5-2-1-3-6-17/h1-3,5-6,8-9,15-16,21H,4,7,10-14H2. The number of aromatic nitrogens is 1. The second kappa shape index (κ2) is 8.99. The van der Waals surface area contributed by atoms with Crippen molar-refractivity contribution in [2.75, 3.05) is 38.0 Å². The van der Waals surface area contributed by atoms with Gasteiger partial charge < -0.3 is 15.1 Å². The zero-order chi connectivity index (χ0) is 18.2. The lowest BCUT2D eigenvalue weighted by molar-refractivity contribution is -0.119. The van der Waals surface area contributed by atoms with Crippen molar-refractivity contribution >= 4 is 18.0 Å². The fourth-order valence-corrected chi connectivity index (χ4v) is 2.99. The molecule has 1 aromatic heterocycles. The first kappa shape index (κ1) is 17.9. The van der Waals surface area contributed by atoms with E-state index in [0.29, 0.717) is 31.9 Å². The first-order chi connectivity index (χ1) is 12.8. The van der Waals surface area contributed by atoms with E-state index in [1.165, 1.54) is 5.56 Å². The number of hydrogen-bond acceptors (Lipinski definition) is 4. The Balaban J connectivity index is 1.44. The van der Waals surface area contributed by atoms with Gasteiger partial charge in [-0.25, -0.2) is 4.98 Å². The van der Waals surface area contributed by atoms with Crippen LogP contribution in [0.25, 0.3) is 0 Å². The van der Waals surface area contributed by atoms with Crippen molar-refractivity contribution in [2.24, 2.45) is 0 Å². The van der Waals surface area contributed by atoms with Crippen LogP contribution in [0.4, 0.5) is 5.69 Å². The number of carbonyl (C=O) groups excluding carboxylic acids is 2. The molecule has 0 spiro atoms. The second-order valence-corrected chi connectivity index (χ2v) is 6.38. The summed E-state index contributed by atoms with van der Waals surface area (Å²) < 4.78 is 0. The molecule has 0 aliphatic carbocycles. The van der Waals surface area contributed by atoms with Gasteiger partial charge in [0, 0.05) is 32.7 Å². The summed E-state index contributed by atoms with van der Waals surface area (Å²) in [6.07, 6.45) is 4.60. The number of piperazine rings is 1. The van der Waals surface area contributed by atoms with Gasteiger partial charge in [0.2, 0.25) is 6.41 Å². The molecule has 2 aromatic rings. The van der Waals surface area contributed by atoms with Crippen molar-refractivity contribution in [2.45, 2.75) is 12.8 Å². The number of nitrogens with one attached hydrogen (secondary N) is 1. The quantitative estimate of drug-likeness (QED) is 0.612. The van der Waals surface area contributed by atoms with Gasteiger partial charge in [-0.05, 0) is 30.5 Å². The third-order valence-electron chi connectivity index (χ3n) is 4.55. The summed E-state index contributed by atoms with van der Waals surface area (Å²) in [6.45, 7) is 3.13. The van der Waals surface area contributed by atoms with Crippen LogP contribution in [0.1, 0.15) is 22.5 Å². The third-order valence-corrected chi connectivity index (χ3v) is 4.55. The van der Waals surface area contributed by atoms with Crippen LogP contribution in [-0.2, 0) is 11.2 Å². The Labute approximate surface area is 153 Å². The Morgan fingerprint density at radius 1 is 1.08 bits per heavy atom. The smallest absolute Gasteiger partial charge is 0.272 e. The molecule has 0 unspecified atom stereocenters. The number of anilines is 1. The largest absolute Gasteiger partial charge is 0.384 e. The van der Waals surface area contributed by atoms with Crippen LogP contribution in [0, 0.1) is 0 Å². The summed E-state index contributed by atoms with van der Waals surface area (Å²) in [5, 5.41) is 3.34. The Hall–Kier alpha value is -2.89. The van der Waals surface area contributed by atoms with Gasteiger partial charge in [-0.15, -0.1) is 0 Å². The molecule has 6 heteroatoms. The highest BCUT2D eigenvalue weighted by atomic mass is 16.2. The number of pyridine rings is 1. The summed E-state index contributed by atoms with van der Waals surface area (Å²) in [7, 11) is 0. The maximum absolute atomic E-state index is 12.5. The molecular weight excluding hydrogens is 328 g/mol. The van der Waals surface area contributed by atoms with Gasteiger partial charge in [0.1, 0.15) is 5.69 Å². The predicted molar refractivity (Wildman–Crippen MR) is 101 cm³/mol. The summed E-state index contributed by atoms with van der Waals surface area (Å²) >= 11 is 0. The van der Waals surface area contributed by atoms with E-state index in [2.05, 4.69) is 34.6 Å². The molecule has 1 aliphatic rings. The Bertz CT molecular complexity index is 710. The van der Waals surface area contributed by atoms with Crippen molar-refractivity contribution in [3.8, 4) is 0 Å². The fourth-order valence-electron chi connectivity index (χ4n) is 2.99. The normalized spacial score (nSPS) is 14.2. The highest BCUT2D eigenvalue weighted by Crippen LogP contribution is 2.11. The first-order valence-corrected chi connectivity index (χ1v) is 8.99. The maximum Gasteiger partial charge on any atom is 0.272 e. The average molecular weight is 352 g/mol. The van der Waals surface area contributed by atoms with E-state index in [-0.39, 0.29) is 5.91 Å². The van der Waals surface area contributed by atoms with E-state index >= 15 is 0 Å². The lowest BCUT2D eigenvalue weighted by Gasteiger charge is -2.32. The number of amides is 2. The number of rotatable bonds is 7. The van der Waals surface area contributed by atoms with Gasteiger partial charge in [-0.2, -0.15) is 0 Å².